The van der Waals surface area contributed by atoms with Crippen LogP contribution in [0, 0.1) is 0 Å². The average Bonchev–Trinajstić information content (AvgIpc) is 2.67. The van der Waals surface area contributed by atoms with Gasteiger partial charge in [0.2, 0.25) is 0 Å². The highest BCUT2D eigenvalue weighted by Gasteiger charge is 2.16. The number of hydrogen-bond acceptors (Lipinski definition) is 1. The van der Waals surface area contributed by atoms with Gasteiger partial charge in [0.25, 0.3) is 0 Å². The Bertz CT molecular complexity index is 300. The van der Waals surface area contributed by atoms with Crippen LogP contribution in [-0.4, -0.2) is 11.8 Å². The minimum Gasteiger partial charge on any atom is -0.286 e. The summed E-state index contributed by atoms with van der Waals surface area (Å²) in [5.74, 6) is 0. The zero-order valence-electron chi connectivity index (χ0n) is 8.03. The third kappa shape index (κ3) is 1.80. The van der Waals surface area contributed by atoms with Crippen LogP contribution < -0.4 is 0 Å². The molecule has 1 heteroatoms. The summed E-state index contributed by atoms with van der Waals surface area (Å²) in [7, 11) is 0. The Morgan fingerprint density at radius 3 is 2.69 bits per heavy atom. The van der Waals surface area contributed by atoms with E-state index in [1.165, 1.54) is 24.1 Å². The topological polar surface area (TPSA) is 12.4 Å². The molecule has 0 N–H and O–H groups in total. The molecule has 2 rings (SSSR count). The van der Waals surface area contributed by atoms with E-state index in [0.29, 0.717) is 6.04 Å². The summed E-state index contributed by atoms with van der Waals surface area (Å²) in [5, 5.41) is 0. The first kappa shape index (κ1) is 8.49. The monoisotopic (exact) mass is 173 g/mol. The van der Waals surface area contributed by atoms with Crippen LogP contribution in [0.4, 0.5) is 0 Å². The normalized spacial score (nSPS) is 21.6. The second-order valence-electron chi connectivity index (χ2n) is 3.54. The van der Waals surface area contributed by atoms with E-state index in [0.717, 1.165) is 6.42 Å². The molecule has 0 aliphatic carbocycles. The zero-order valence-corrected chi connectivity index (χ0v) is 8.03. The van der Waals surface area contributed by atoms with Gasteiger partial charge in [0.15, 0.2) is 0 Å². The highest BCUT2D eigenvalue weighted by molar-refractivity contribution is 6.01. The molecule has 0 amide bonds. The van der Waals surface area contributed by atoms with Gasteiger partial charge in [-0.15, -0.1) is 0 Å². The molecule has 1 atom stereocenters. The summed E-state index contributed by atoms with van der Waals surface area (Å²) in [6, 6.07) is 11.1. The van der Waals surface area contributed by atoms with E-state index >= 15 is 0 Å². The Hall–Kier alpha value is -1.11. The number of nitrogens with zero attached hydrogens (tertiary/aromatic N) is 1. The summed E-state index contributed by atoms with van der Waals surface area (Å²) in [4.78, 5) is 4.69. The van der Waals surface area contributed by atoms with Crippen molar-refractivity contribution >= 4 is 5.71 Å². The molecular weight excluding hydrogens is 158 g/mol. The van der Waals surface area contributed by atoms with Crippen molar-refractivity contribution in [1.29, 1.82) is 0 Å². The second kappa shape index (κ2) is 3.73. The molecule has 0 saturated heterocycles. The van der Waals surface area contributed by atoms with Gasteiger partial charge in [0, 0.05) is 5.71 Å². The Morgan fingerprint density at radius 1 is 1.31 bits per heavy atom. The summed E-state index contributed by atoms with van der Waals surface area (Å²) in [5.41, 5.74) is 2.60. The molecule has 1 aromatic carbocycles. The maximum atomic E-state index is 4.69. The van der Waals surface area contributed by atoms with E-state index in [9.17, 15) is 0 Å². The molecule has 0 bridgehead atoms. The van der Waals surface area contributed by atoms with Crippen molar-refractivity contribution in [3.05, 3.63) is 35.9 Å². The summed E-state index contributed by atoms with van der Waals surface area (Å²) >= 11 is 0. The summed E-state index contributed by atoms with van der Waals surface area (Å²) in [6.07, 6.45) is 3.57. The Balaban J connectivity index is 2.19. The lowest BCUT2D eigenvalue weighted by Crippen LogP contribution is -1.95. The van der Waals surface area contributed by atoms with Crippen molar-refractivity contribution in [3.63, 3.8) is 0 Å². The molecule has 0 aromatic heterocycles. The van der Waals surface area contributed by atoms with Gasteiger partial charge in [-0.05, 0) is 24.8 Å². The summed E-state index contributed by atoms with van der Waals surface area (Å²) in [6.45, 7) is 2.21. The first-order valence-electron chi connectivity index (χ1n) is 5.02. The number of aliphatic imine (C=N–C) groups is 1. The molecule has 0 spiro atoms. The van der Waals surface area contributed by atoms with Crippen LogP contribution in [0.5, 0.6) is 0 Å². The van der Waals surface area contributed by atoms with Crippen molar-refractivity contribution in [2.75, 3.05) is 0 Å². The van der Waals surface area contributed by atoms with Crippen molar-refractivity contribution < 1.29 is 0 Å². The van der Waals surface area contributed by atoms with E-state index in [1.807, 2.05) is 0 Å². The Morgan fingerprint density at radius 2 is 2.08 bits per heavy atom. The molecule has 0 fully saturated rings. The minimum absolute atomic E-state index is 0.579. The molecule has 1 aliphatic rings. The largest absolute Gasteiger partial charge is 0.286 e. The van der Waals surface area contributed by atoms with E-state index in [2.05, 4.69) is 37.3 Å². The zero-order chi connectivity index (χ0) is 9.10. The van der Waals surface area contributed by atoms with Crippen molar-refractivity contribution in [1.82, 2.24) is 0 Å². The number of hydrogen-bond donors (Lipinski definition) is 0. The van der Waals surface area contributed by atoms with Gasteiger partial charge >= 0.3 is 0 Å². The van der Waals surface area contributed by atoms with E-state index < -0.39 is 0 Å². The van der Waals surface area contributed by atoms with E-state index in [1.54, 1.807) is 0 Å². The van der Waals surface area contributed by atoms with Crippen molar-refractivity contribution in [2.45, 2.75) is 32.2 Å². The third-order valence-electron chi connectivity index (χ3n) is 2.63. The van der Waals surface area contributed by atoms with Crippen molar-refractivity contribution in [3.8, 4) is 0 Å². The van der Waals surface area contributed by atoms with Crippen LogP contribution in [-0.2, 0) is 0 Å². The van der Waals surface area contributed by atoms with Crippen LogP contribution in [0.25, 0.3) is 0 Å². The number of rotatable bonds is 2. The van der Waals surface area contributed by atoms with Crippen LogP contribution in [0.1, 0.15) is 31.7 Å². The first-order valence-corrected chi connectivity index (χ1v) is 5.02. The standard InChI is InChI=1S/C12H15N/c1-2-11-8-9-12(13-11)10-6-4-3-5-7-10/h3-7,11H,2,8-9H2,1H3/t11-/m0/s1. The maximum Gasteiger partial charge on any atom is 0.0504 e. The highest BCUT2D eigenvalue weighted by Crippen LogP contribution is 2.20. The van der Waals surface area contributed by atoms with Crippen LogP contribution in [0.15, 0.2) is 35.3 Å². The molecule has 13 heavy (non-hydrogen) atoms. The molecule has 0 saturated carbocycles. The SMILES string of the molecule is CC[C@H]1CCC(c2ccccc2)=N1. The summed E-state index contributed by atoms with van der Waals surface area (Å²) < 4.78 is 0. The molecule has 1 aliphatic heterocycles. The predicted molar refractivity (Wildman–Crippen MR) is 56.3 cm³/mol. The molecular formula is C12H15N. The highest BCUT2D eigenvalue weighted by atomic mass is 14.8. The molecule has 1 aromatic rings. The van der Waals surface area contributed by atoms with Crippen LogP contribution >= 0.6 is 0 Å². The Kier molecular flexibility index (Phi) is 2.44. The third-order valence-corrected chi connectivity index (χ3v) is 2.63. The van der Waals surface area contributed by atoms with Gasteiger partial charge in [0.05, 0.1) is 6.04 Å². The lowest BCUT2D eigenvalue weighted by Gasteiger charge is -1.98. The van der Waals surface area contributed by atoms with Gasteiger partial charge in [0.1, 0.15) is 0 Å². The van der Waals surface area contributed by atoms with Crippen molar-refractivity contribution in [2.24, 2.45) is 4.99 Å². The van der Waals surface area contributed by atoms with Gasteiger partial charge in [-0.3, -0.25) is 4.99 Å². The first-order chi connectivity index (χ1) is 6.40. The second-order valence-corrected chi connectivity index (χ2v) is 3.54. The molecule has 1 nitrogen and oxygen atoms in total. The van der Waals surface area contributed by atoms with Gasteiger partial charge in [-0.25, -0.2) is 0 Å². The fourth-order valence-electron chi connectivity index (χ4n) is 1.80. The predicted octanol–water partition coefficient (Wildman–Crippen LogP) is 3.05. The Labute approximate surface area is 79.5 Å². The van der Waals surface area contributed by atoms with Crippen LogP contribution in [0.3, 0.4) is 0 Å². The minimum atomic E-state index is 0.579. The number of benzene rings is 1. The fourth-order valence-corrected chi connectivity index (χ4v) is 1.80. The van der Waals surface area contributed by atoms with E-state index in [-0.39, 0.29) is 0 Å². The molecule has 0 radical (unpaired) electrons. The lowest BCUT2D eigenvalue weighted by molar-refractivity contribution is 0.649. The smallest absolute Gasteiger partial charge is 0.0504 e. The lowest BCUT2D eigenvalue weighted by atomic mass is 10.1. The van der Waals surface area contributed by atoms with Crippen LogP contribution in [0.2, 0.25) is 0 Å². The molecule has 1 heterocycles. The van der Waals surface area contributed by atoms with E-state index in [4.69, 9.17) is 4.99 Å². The van der Waals surface area contributed by atoms with Gasteiger partial charge < -0.3 is 0 Å². The molecule has 0 unspecified atom stereocenters. The average molecular weight is 173 g/mol. The van der Waals surface area contributed by atoms with Gasteiger partial charge in [-0.1, -0.05) is 37.3 Å². The van der Waals surface area contributed by atoms with Gasteiger partial charge in [-0.2, -0.15) is 0 Å². The fraction of sp³-hybridized carbons (Fsp3) is 0.417. The molecule has 68 valence electrons. The quantitative estimate of drug-likeness (QED) is 0.651. The maximum absolute atomic E-state index is 4.69.